The van der Waals surface area contributed by atoms with Crippen LogP contribution in [0.15, 0.2) is 48.9 Å². The number of rotatable bonds is 4. The molecule has 21 heavy (non-hydrogen) atoms. The lowest BCUT2D eigenvalue weighted by molar-refractivity contribution is 0.111. The molecular weight excluding hydrogens is 268 g/mol. The molecule has 0 bridgehead atoms. The summed E-state index contributed by atoms with van der Waals surface area (Å²) >= 11 is 0. The number of nitrogens with zero attached hydrogens (tertiary/aromatic N) is 4. The third-order valence-electron chi connectivity index (χ3n) is 2.89. The Morgan fingerprint density at radius 1 is 0.905 bits per heavy atom. The number of aromatic nitrogens is 4. The van der Waals surface area contributed by atoms with E-state index >= 15 is 0 Å². The first kappa shape index (κ1) is 12.9. The van der Waals surface area contributed by atoms with E-state index in [1.54, 1.807) is 24.4 Å². The predicted octanol–water partition coefficient (Wildman–Crippen LogP) is 1.95. The standard InChI is InChI=1S/C15H10N4O2/c20-9-11-4-5-13(16-6-11)14-2-1-3-15(18-14)19-8-12(10-21)7-17-19/h1-10H. The highest BCUT2D eigenvalue weighted by atomic mass is 16.1. The van der Waals surface area contributed by atoms with E-state index in [1.807, 2.05) is 12.1 Å². The molecule has 3 rings (SSSR count). The third-order valence-corrected chi connectivity index (χ3v) is 2.89. The summed E-state index contributed by atoms with van der Waals surface area (Å²) < 4.78 is 1.52. The summed E-state index contributed by atoms with van der Waals surface area (Å²) in [6, 6.07) is 8.84. The van der Waals surface area contributed by atoms with Crippen LogP contribution in [-0.4, -0.2) is 32.3 Å². The minimum atomic E-state index is 0.482. The van der Waals surface area contributed by atoms with E-state index in [0.717, 1.165) is 12.6 Å². The molecule has 0 spiro atoms. The Morgan fingerprint density at radius 2 is 1.76 bits per heavy atom. The summed E-state index contributed by atoms with van der Waals surface area (Å²) in [7, 11) is 0. The number of hydrogen-bond acceptors (Lipinski definition) is 5. The van der Waals surface area contributed by atoms with Gasteiger partial charge in [-0.2, -0.15) is 5.10 Å². The Hall–Kier alpha value is -3.15. The van der Waals surface area contributed by atoms with Crippen LogP contribution in [0.3, 0.4) is 0 Å². The zero-order valence-corrected chi connectivity index (χ0v) is 10.9. The van der Waals surface area contributed by atoms with Crippen molar-refractivity contribution >= 4 is 12.6 Å². The van der Waals surface area contributed by atoms with Gasteiger partial charge in [0.25, 0.3) is 0 Å². The van der Waals surface area contributed by atoms with E-state index in [1.165, 1.54) is 17.1 Å². The van der Waals surface area contributed by atoms with Gasteiger partial charge in [-0.25, -0.2) is 9.67 Å². The maximum atomic E-state index is 10.7. The largest absolute Gasteiger partial charge is 0.298 e. The van der Waals surface area contributed by atoms with Crippen LogP contribution in [0.2, 0.25) is 0 Å². The molecule has 0 radical (unpaired) electrons. The van der Waals surface area contributed by atoms with Crippen LogP contribution in [0, 0.1) is 0 Å². The van der Waals surface area contributed by atoms with Crippen molar-refractivity contribution in [3.8, 4) is 17.2 Å². The summed E-state index contributed by atoms with van der Waals surface area (Å²) in [6.45, 7) is 0. The lowest BCUT2D eigenvalue weighted by Gasteiger charge is -2.04. The Kier molecular flexibility index (Phi) is 3.34. The molecule has 0 aliphatic carbocycles. The first-order chi connectivity index (χ1) is 10.3. The molecule has 6 nitrogen and oxygen atoms in total. The van der Waals surface area contributed by atoms with Crippen molar-refractivity contribution in [2.24, 2.45) is 0 Å². The summed E-state index contributed by atoms with van der Waals surface area (Å²) in [5, 5.41) is 4.08. The van der Waals surface area contributed by atoms with E-state index in [2.05, 4.69) is 15.1 Å². The number of carbonyl (C=O) groups is 2. The second-order valence-corrected chi connectivity index (χ2v) is 4.31. The topological polar surface area (TPSA) is 77.7 Å². The van der Waals surface area contributed by atoms with Crippen molar-refractivity contribution in [1.29, 1.82) is 0 Å². The molecule has 0 N–H and O–H groups in total. The first-order valence-corrected chi connectivity index (χ1v) is 6.19. The highest BCUT2D eigenvalue weighted by Gasteiger charge is 2.05. The molecule has 0 amide bonds. The summed E-state index contributed by atoms with van der Waals surface area (Å²) in [5.41, 5.74) is 2.31. The summed E-state index contributed by atoms with van der Waals surface area (Å²) in [4.78, 5) is 30.0. The maximum Gasteiger partial charge on any atom is 0.154 e. The van der Waals surface area contributed by atoms with E-state index in [-0.39, 0.29) is 0 Å². The van der Waals surface area contributed by atoms with Gasteiger partial charge in [0, 0.05) is 18.0 Å². The smallest absolute Gasteiger partial charge is 0.154 e. The molecule has 3 aromatic rings. The van der Waals surface area contributed by atoms with Gasteiger partial charge in [-0.1, -0.05) is 6.07 Å². The van der Waals surface area contributed by atoms with Crippen molar-refractivity contribution in [2.75, 3.05) is 0 Å². The number of aldehydes is 2. The number of pyridine rings is 2. The Bertz CT molecular complexity index is 793. The molecular formula is C15H10N4O2. The number of carbonyl (C=O) groups excluding carboxylic acids is 2. The van der Waals surface area contributed by atoms with Gasteiger partial charge in [-0.05, 0) is 24.3 Å². The van der Waals surface area contributed by atoms with Gasteiger partial charge in [-0.3, -0.25) is 14.6 Å². The van der Waals surface area contributed by atoms with Gasteiger partial charge in [-0.15, -0.1) is 0 Å². The monoisotopic (exact) mass is 278 g/mol. The fourth-order valence-corrected chi connectivity index (χ4v) is 1.84. The summed E-state index contributed by atoms with van der Waals surface area (Å²) in [6.07, 6.45) is 6.04. The van der Waals surface area contributed by atoms with Gasteiger partial charge in [0.05, 0.1) is 23.1 Å². The van der Waals surface area contributed by atoms with Gasteiger partial charge < -0.3 is 0 Å². The molecule has 3 heterocycles. The molecule has 0 atom stereocenters. The van der Waals surface area contributed by atoms with Crippen LogP contribution in [0.5, 0.6) is 0 Å². The molecule has 0 saturated heterocycles. The van der Waals surface area contributed by atoms with E-state index < -0.39 is 0 Å². The highest BCUT2D eigenvalue weighted by molar-refractivity contribution is 5.75. The van der Waals surface area contributed by atoms with Crippen LogP contribution in [0.25, 0.3) is 17.2 Å². The van der Waals surface area contributed by atoms with E-state index in [4.69, 9.17) is 0 Å². The Balaban J connectivity index is 1.98. The van der Waals surface area contributed by atoms with E-state index in [0.29, 0.717) is 28.3 Å². The maximum absolute atomic E-state index is 10.7. The van der Waals surface area contributed by atoms with Gasteiger partial charge in [0.2, 0.25) is 0 Å². The molecule has 0 unspecified atom stereocenters. The van der Waals surface area contributed by atoms with Crippen LogP contribution in [-0.2, 0) is 0 Å². The second-order valence-electron chi connectivity index (χ2n) is 4.31. The average Bonchev–Trinajstić information content (AvgIpc) is 3.04. The third kappa shape index (κ3) is 2.59. The molecule has 0 aromatic carbocycles. The van der Waals surface area contributed by atoms with Gasteiger partial charge in [0.15, 0.2) is 18.4 Å². The minimum Gasteiger partial charge on any atom is -0.298 e. The zero-order chi connectivity index (χ0) is 14.7. The quantitative estimate of drug-likeness (QED) is 0.682. The molecule has 0 saturated carbocycles. The van der Waals surface area contributed by atoms with Crippen LogP contribution >= 0.6 is 0 Å². The Morgan fingerprint density at radius 3 is 2.43 bits per heavy atom. The van der Waals surface area contributed by atoms with Crippen LogP contribution < -0.4 is 0 Å². The van der Waals surface area contributed by atoms with Crippen molar-refractivity contribution in [3.63, 3.8) is 0 Å². The molecule has 102 valence electrons. The highest BCUT2D eigenvalue weighted by Crippen LogP contribution is 2.16. The first-order valence-electron chi connectivity index (χ1n) is 6.19. The zero-order valence-electron chi connectivity index (χ0n) is 10.9. The van der Waals surface area contributed by atoms with Gasteiger partial charge in [0.1, 0.15) is 0 Å². The normalized spacial score (nSPS) is 10.3. The SMILES string of the molecule is O=Cc1ccc(-c2cccc(-n3cc(C=O)cn3)n2)nc1. The average molecular weight is 278 g/mol. The van der Waals surface area contributed by atoms with E-state index in [9.17, 15) is 9.59 Å². The molecule has 3 aromatic heterocycles. The Labute approximate surface area is 120 Å². The number of hydrogen-bond donors (Lipinski definition) is 0. The lowest BCUT2D eigenvalue weighted by Crippen LogP contribution is -1.99. The van der Waals surface area contributed by atoms with Crippen molar-refractivity contribution in [3.05, 3.63) is 60.0 Å². The van der Waals surface area contributed by atoms with Crippen LogP contribution in [0.4, 0.5) is 0 Å². The minimum absolute atomic E-state index is 0.482. The fraction of sp³-hybridized carbons (Fsp3) is 0. The fourth-order valence-electron chi connectivity index (χ4n) is 1.84. The van der Waals surface area contributed by atoms with Crippen LogP contribution in [0.1, 0.15) is 20.7 Å². The van der Waals surface area contributed by atoms with Crippen molar-refractivity contribution < 1.29 is 9.59 Å². The molecule has 0 fully saturated rings. The molecule has 0 aliphatic rings. The predicted molar refractivity (Wildman–Crippen MR) is 75.4 cm³/mol. The lowest BCUT2D eigenvalue weighted by atomic mass is 10.2. The molecule has 0 aliphatic heterocycles. The molecule has 6 heteroatoms. The van der Waals surface area contributed by atoms with Crippen molar-refractivity contribution in [1.82, 2.24) is 19.7 Å². The van der Waals surface area contributed by atoms with Gasteiger partial charge >= 0.3 is 0 Å². The van der Waals surface area contributed by atoms with Crippen molar-refractivity contribution in [2.45, 2.75) is 0 Å². The summed E-state index contributed by atoms with van der Waals surface area (Å²) in [5.74, 6) is 0.585. The second kappa shape index (κ2) is 5.46.